The minimum absolute atomic E-state index is 0.445. The average Bonchev–Trinajstić information content (AvgIpc) is 2.48. The Labute approximate surface area is 126 Å². The molecule has 2 aromatic rings. The Kier molecular flexibility index (Phi) is 3.92. The van der Waals surface area contributed by atoms with Crippen molar-refractivity contribution in [1.82, 2.24) is 4.98 Å². The van der Waals surface area contributed by atoms with Crippen molar-refractivity contribution in [3.63, 3.8) is 0 Å². The Bertz CT molecular complexity index is 625. The van der Waals surface area contributed by atoms with Gasteiger partial charge in [-0.3, -0.25) is 0 Å². The first-order valence-corrected chi connectivity index (χ1v) is 7.08. The molecular weight excluding hydrogens is 296 g/mol. The van der Waals surface area contributed by atoms with Crippen LogP contribution in [-0.4, -0.2) is 31.2 Å². The summed E-state index contributed by atoms with van der Waals surface area (Å²) in [6, 6.07) is 7.36. The molecule has 0 bridgehead atoms. The highest BCUT2D eigenvalue weighted by molar-refractivity contribution is 6.30. The molecule has 3 rings (SSSR count). The van der Waals surface area contributed by atoms with E-state index in [1.165, 1.54) is 12.1 Å². The quantitative estimate of drug-likeness (QED) is 0.848. The maximum Gasteiger partial charge on any atom is 0.149 e. The van der Waals surface area contributed by atoms with E-state index in [1.54, 1.807) is 12.3 Å². The van der Waals surface area contributed by atoms with Gasteiger partial charge in [0.2, 0.25) is 0 Å². The number of rotatable bonds is 2. The summed E-state index contributed by atoms with van der Waals surface area (Å²) in [6.07, 6.45) is 1.61. The number of hydrogen-bond donors (Lipinski definition) is 0. The molecule has 1 aliphatic heterocycles. The summed E-state index contributed by atoms with van der Waals surface area (Å²) in [5, 5.41) is 0.603. The van der Waals surface area contributed by atoms with Crippen molar-refractivity contribution in [1.29, 1.82) is 0 Å². The monoisotopic (exact) mass is 309 g/mol. The van der Waals surface area contributed by atoms with Crippen molar-refractivity contribution >= 4 is 23.1 Å². The number of benzene rings is 1. The zero-order valence-corrected chi connectivity index (χ0v) is 12.0. The SMILES string of the molecule is Fc1ccc(N2CCN(c3ccc(Cl)cn3)CC2)c(F)c1. The van der Waals surface area contributed by atoms with Crippen LogP contribution in [0.15, 0.2) is 36.5 Å². The number of anilines is 2. The van der Waals surface area contributed by atoms with Crippen LogP contribution >= 0.6 is 11.6 Å². The van der Waals surface area contributed by atoms with Crippen LogP contribution in [0.2, 0.25) is 5.02 Å². The van der Waals surface area contributed by atoms with Crippen LogP contribution in [0.4, 0.5) is 20.3 Å². The smallest absolute Gasteiger partial charge is 0.149 e. The van der Waals surface area contributed by atoms with Crippen LogP contribution in [0, 0.1) is 11.6 Å². The van der Waals surface area contributed by atoms with Crippen molar-refractivity contribution < 1.29 is 8.78 Å². The molecule has 0 unspecified atom stereocenters. The molecule has 3 nitrogen and oxygen atoms in total. The second-order valence-corrected chi connectivity index (χ2v) is 5.34. The normalized spacial score (nSPS) is 15.4. The van der Waals surface area contributed by atoms with E-state index in [-0.39, 0.29) is 0 Å². The van der Waals surface area contributed by atoms with E-state index >= 15 is 0 Å². The topological polar surface area (TPSA) is 19.4 Å². The molecule has 1 aromatic heterocycles. The van der Waals surface area contributed by atoms with Crippen LogP contribution < -0.4 is 9.80 Å². The molecule has 1 aliphatic rings. The first-order valence-electron chi connectivity index (χ1n) is 6.70. The highest BCUT2D eigenvalue weighted by Gasteiger charge is 2.20. The molecule has 0 aliphatic carbocycles. The summed E-state index contributed by atoms with van der Waals surface area (Å²) in [6.45, 7) is 2.77. The highest BCUT2D eigenvalue weighted by Crippen LogP contribution is 2.23. The van der Waals surface area contributed by atoms with Gasteiger partial charge in [-0.25, -0.2) is 13.8 Å². The fourth-order valence-corrected chi connectivity index (χ4v) is 2.58. The standard InChI is InChI=1S/C15H14ClF2N3/c16-11-1-4-15(19-10-11)21-7-5-20(6-8-21)14-3-2-12(17)9-13(14)18/h1-4,9-10H,5-8H2. The maximum atomic E-state index is 13.8. The predicted molar refractivity (Wildman–Crippen MR) is 80.0 cm³/mol. The number of nitrogens with zero attached hydrogens (tertiary/aromatic N) is 3. The zero-order chi connectivity index (χ0) is 14.8. The number of halogens is 3. The van der Waals surface area contributed by atoms with E-state index in [0.717, 1.165) is 25.0 Å². The first-order chi connectivity index (χ1) is 10.1. The number of aromatic nitrogens is 1. The van der Waals surface area contributed by atoms with Crippen LogP contribution in [0.5, 0.6) is 0 Å². The Hall–Kier alpha value is -1.88. The molecule has 1 aromatic carbocycles. The summed E-state index contributed by atoms with van der Waals surface area (Å²) in [5.41, 5.74) is 0.445. The molecule has 0 atom stereocenters. The summed E-state index contributed by atoms with van der Waals surface area (Å²) in [5.74, 6) is -0.216. The van der Waals surface area contributed by atoms with Gasteiger partial charge in [-0.05, 0) is 24.3 Å². The Balaban J connectivity index is 1.68. The van der Waals surface area contributed by atoms with Gasteiger partial charge in [0.25, 0.3) is 0 Å². The minimum atomic E-state index is -0.555. The van der Waals surface area contributed by atoms with E-state index in [9.17, 15) is 8.78 Å². The van der Waals surface area contributed by atoms with Crippen molar-refractivity contribution in [3.05, 3.63) is 53.2 Å². The van der Waals surface area contributed by atoms with Crippen molar-refractivity contribution in [2.24, 2.45) is 0 Å². The maximum absolute atomic E-state index is 13.8. The van der Waals surface area contributed by atoms with Gasteiger partial charge in [0.1, 0.15) is 17.5 Å². The van der Waals surface area contributed by atoms with Crippen molar-refractivity contribution in [2.75, 3.05) is 36.0 Å². The van der Waals surface area contributed by atoms with Crippen LogP contribution in [0.3, 0.4) is 0 Å². The highest BCUT2D eigenvalue weighted by atomic mass is 35.5. The van der Waals surface area contributed by atoms with Crippen LogP contribution in [-0.2, 0) is 0 Å². The molecule has 2 heterocycles. The van der Waals surface area contributed by atoms with Gasteiger partial charge in [0.05, 0.1) is 10.7 Å². The molecule has 0 amide bonds. The van der Waals surface area contributed by atoms with Gasteiger partial charge >= 0.3 is 0 Å². The van der Waals surface area contributed by atoms with Gasteiger partial charge in [-0.2, -0.15) is 0 Å². The summed E-state index contributed by atoms with van der Waals surface area (Å²) in [7, 11) is 0. The average molecular weight is 310 g/mol. The van der Waals surface area contributed by atoms with Gasteiger partial charge in [-0.15, -0.1) is 0 Å². The lowest BCUT2D eigenvalue weighted by Crippen LogP contribution is -2.47. The van der Waals surface area contributed by atoms with Crippen molar-refractivity contribution in [2.45, 2.75) is 0 Å². The fourth-order valence-electron chi connectivity index (χ4n) is 2.47. The molecule has 1 fully saturated rings. The van der Waals surface area contributed by atoms with Gasteiger partial charge in [-0.1, -0.05) is 11.6 Å². The minimum Gasteiger partial charge on any atom is -0.366 e. The lowest BCUT2D eigenvalue weighted by atomic mass is 10.2. The largest absolute Gasteiger partial charge is 0.366 e. The van der Waals surface area contributed by atoms with Gasteiger partial charge in [0, 0.05) is 38.4 Å². The Morgan fingerprint density at radius 3 is 2.29 bits per heavy atom. The zero-order valence-electron chi connectivity index (χ0n) is 11.3. The summed E-state index contributed by atoms with van der Waals surface area (Å²) >= 11 is 5.82. The van der Waals surface area contributed by atoms with Gasteiger partial charge in [0.15, 0.2) is 0 Å². The van der Waals surface area contributed by atoms with Crippen molar-refractivity contribution in [3.8, 4) is 0 Å². The van der Waals surface area contributed by atoms with E-state index < -0.39 is 11.6 Å². The van der Waals surface area contributed by atoms with E-state index in [4.69, 9.17) is 11.6 Å². The third-order valence-electron chi connectivity index (χ3n) is 3.57. The molecule has 21 heavy (non-hydrogen) atoms. The molecule has 6 heteroatoms. The van der Waals surface area contributed by atoms with Gasteiger partial charge < -0.3 is 9.80 Å². The van der Waals surface area contributed by atoms with E-state index in [1.807, 2.05) is 11.0 Å². The summed E-state index contributed by atoms with van der Waals surface area (Å²) < 4.78 is 26.7. The number of pyridine rings is 1. The molecule has 0 N–H and O–H groups in total. The Morgan fingerprint density at radius 1 is 0.952 bits per heavy atom. The van der Waals surface area contributed by atoms with Crippen LogP contribution in [0.25, 0.3) is 0 Å². The molecule has 110 valence electrons. The fraction of sp³-hybridized carbons (Fsp3) is 0.267. The number of piperazine rings is 1. The molecule has 0 spiro atoms. The second-order valence-electron chi connectivity index (χ2n) is 4.90. The third-order valence-corrected chi connectivity index (χ3v) is 3.79. The molecule has 0 radical (unpaired) electrons. The Morgan fingerprint density at radius 2 is 1.67 bits per heavy atom. The predicted octanol–water partition coefficient (Wildman–Crippen LogP) is 3.34. The lowest BCUT2D eigenvalue weighted by Gasteiger charge is -2.36. The third kappa shape index (κ3) is 3.08. The lowest BCUT2D eigenvalue weighted by molar-refractivity contribution is 0.570. The molecular formula is C15H14ClF2N3. The molecule has 1 saturated heterocycles. The summed E-state index contributed by atoms with van der Waals surface area (Å²) in [4.78, 5) is 8.32. The number of hydrogen-bond acceptors (Lipinski definition) is 3. The van der Waals surface area contributed by atoms with Crippen LogP contribution in [0.1, 0.15) is 0 Å². The van der Waals surface area contributed by atoms with E-state index in [2.05, 4.69) is 9.88 Å². The first kappa shape index (κ1) is 14.1. The van der Waals surface area contributed by atoms with E-state index in [0.29, 0.717) is 23.8 Å². The molecule has 0 saturated carbocycles. The second kappa shape index (κ2) is 5.85.